The SMILES string of the molecule is CC(CO)NC(=O)NC1CCCOc2c1ccc1ccccc21. The van der Waals surface area contributed by atoms with Crippen LogP contribution >= 0.6 is 0 Å². The molecule has 23 heavy (non-hydrogen) atoms. The number of aliphatic hydroxyl groups excluding tert-OH is 1. The maximum Gasteiger partial charge on any atom is 0.315 e. The first kappa shape index (κ1) is 15.6. The van der Waals surface area contributed by atoms with Crippen LogP contribution in [-0.2, 0) is 0 Å². The van der Waals surface area contributed by atoms with E-state index in [4.69, 9.17) is 9.84 Å². The van der Waals surface area contributed by atoms with E-state index in [1.807, 2.05) is 24.3 Å². The summed E-state index contributed by atoms with van der Waals surface area (Å²) in [6.07, 6.45) is 1.70. The molecule has 0 saturated heterocycles. The van der Waals surface area contributed by atoms with E-state index in [2.05, 4.69) is 22.8 Å². The van der Waals surface area contributed by atoms with Crippen LogP contribution in [0.25, 0.3) is 10.8 Å². The number of amides is 2. The number of rotatable bonds is 3. The molecule has 1 heterocycles. The predicted octanol–water partition coefficient (Wildman–Crippen LogP) is 2.73. The third kappa shape index (κ3) is 3.40. The molecule has 0 spiro atoms. The lowest BCUT2D eigenvalue weighted by molar-refractivity contribution is 0.217. The Balaban J connectivity index is 1.89. The van der Waals surface area contributed by atoms with Gasteiger partial charge in [0, 0.05) is 10.9 Å². The summed E-state index contributed by atoms with van der Waals surface area (Å²) in [5, 5.41) is 17.0. The van der Waals surface area contributed by atoms with Crippen molar-refractivity contribution in [1.82, 2.24) is 10.6 Å². The fraction of sp³-hybridized carbons (Fsp3) is 0.389. The summed E-state index contributed by atoms with van der Waals surface area (Å²) < 4.78 is 5.96. The van der Waals surface area contributed by atoms with Crippen LogP contribution < -0.4 is 15.4 Å². The van der Waals surface area contributed by atoms with Crippen LogP contribution in [0.1, 0.15) is 31.4 Å². The number of nitrogens with one attached hydrogen (secondary N) is 2. The van der Waals surface area contributed by atoms with Crippen LogP contribution in [0, 0.1) is 0 Å². The average Bonchev–Trinajstić information content (AvgIpc) is 2.77. The number of hydrogen-bond acceptors (Lipinski definition) is 3. The molecule has 122 valence electrons. The van der Waals surface area contributed by atoms with E-state index in [1.165, 1.54) is 0 Å². The Morgan fingerprint density at radius 3 is 3.00 bits per heavy atom. The lowest BCUT2D eigenvalue weighted by Crippen LogP contribution is -2.43. The molecule has 2 unspecified atom stereocenters. The zero-order valence-electron chi connectivity index (χ0n) is 13.2. The fourth-order valence-electron chi connectivity index (χ4n) is 2.93. The van der Waals surface area contributed by atoms with E-state index < -0.39 is 0 Å². The number of hydrogen-bond donors (Lipinski definition) is 3. The summed E-state index contributed by atoms with van der Waals surface area (Å²) in [4.78, 5) is 12.1. The van der Waals surface area contributed by atoms with Crippen LogP contribution in [-0.4, -0.2) is 30.4 Å². The highest BCUT2D eigenvalue weighted by Crippen LogP contribution is 2.37. The average molecular weight is 314 g/mol. The van der Waals surface area contributed by atoms with Crippen LogP contribution in [0.4, 0.5) is 4.79 Å². The first-order chi connectivity index (χ1) is 11.2. The summed E-state index contributed by atoms with van der Waals surface area (Å²) in [5.41, 5.74) is 1.01. The van der Waals surface area contributed by atoms with Crippen molar-refractivity contribution in [3.8, 4) is 5.75 Å². The molecule has 0 saturated carbocycles. The van der Waals surface area contributed by atoms with Crippen molar-refractivity contribution in [2.75, 3.05) is 13.2 Å². The summed E-state index contributed by atoms with van der Waals surface area (Å²) in [6, 6.07) is 11.6. The lowest BCUT2D eigenvalue weighted by atomic mass is 9.98. The van der Waals surface area contributed by atoms with E-state index in [9.17, 15) is 4.79 Å². The van der Waals surface area contributed by atoms with Gasteiger partial charge in [-0.15, -0.1) is 0 Å². The molecule has 0 bridgehead atoms. The van der Waals surface area contributed by atoms with Gasteiger partial charge in [-0.2, -0.15) is 0 Å². The molecule has 3 rings (SSSR count). The van der Waals surface area contributed by atoms with Gasteiger partial charge in [0.2, 0.25) is 0 Å². The Morgan fingerprint density at radius 1 is 1.35 bits per heavy atom. The van der Waals surface area contributed by atoms with Gasteiger partial charge in [-0.1, -0.05) is 36.4 Å². The molecular formula is C18H22N2O3. The minimum atomic E-state index is -0.270. The zero-order valence-corrected chi connectivity index (χ0v) is 13.2. The first-order valence-corrected chi connectivity index (χ1v) is 8.01. The molecule has 1 aliphatic rings. The van der Waals surface area contributed by atoms with Crippen molar-refractivity contribution in [1.29, 1.82) is 0 Å². The van der Waals surface area contributed by atoms with Gasteiger partial charge >= 0.3 is 6.03 Å². The quantitative estimate of drug-likeness (QED) is 0.816. The maximum absolute atomic E-state index is 12.1. The van der Waals surface area contributed by atoms with E-state index in [1.54, 1.807) is 6.92 Å². The number of aliphatic hydroxyl groups is 1. The summed E-state index contributed by atoms with van der Waals surface area (Å²) in [5.74, 6) is 0.862. The van der Waals surface area contributed by atoms with Crippen molar-refractivity contribution in [2.24, 2.45) is 0 Å². The Hall–Kier alpha value is -2.27. The molecule has 0 fully saturated rings. The highest BCUT2D eigenvalue weighted by atomic mass is 16.5. The van der Waals surface area contributed by atoms with Crippen molar-refractivity contribution in [3.05, 3.63) is 42.0 Å². The molecule has 5 heteroatoms. The summed E-state index contributed by atoms with van der Waals surface area (Å²) in [6.45, 7) is 2.33. The maximum atomic E-state index is 12.1. The summed E-state index contributed by atoms with van der Waals surface area (Å²) in [7, 11) is 0. The highest BCUT2D eigenvalue weighted by molar-refractivity contribution is 5.90. The number of urea groups is 1. The number of ether oxygens (including phenoxy) is 1. The van der Waals surface area contributed by atoms with Gasteiger partial charge in [-0.25, -0.2) is 4.79 Å². The molecule has 2 aromatic rings. The first-order valence-electron chi connectivity index (χ1n) is 8.01. The molecule has 0 aliphatic carbocycles. The van der Waals surface area contributed by atoms with Gasteiger partial charge in [-0.3, -0.25) is 0 Å². The summed E-state index contributed by atoms with van der Waals surface area (Å²) >= 11 is 0. The van der Waals surface area contributed by atoms with E-state index >= 15 is 0 Å². The van der Waals surface area contributed by atoms with Gasteiger partial charge in [0.15, 0.2) is 0 Å². The molecule has 0 aromatic heterocycles. The normalized spacial score (nSPS) is 18.4. The Morgan fingerprint density at radius 2 is 2.17 bits per heavy atom. The van der Waals surface area contributed by atoms with Gasteiger partial charge in [-0.05, 0) is 25.2 Å². The van der Waals surface area contributed by atoms with E-state index in [0.29, 0.717) is 6.61 Å². The number of fused-ring (bicyclic) bond motifs is 3. The number of benzene rings is 2. The Bertz CT molecular complexity index is 702. The lowest BCUT2D eigenvalue weighted by Gasteiger charge is -2.21. The van der Waals surface area contributed by atoms with Crippen LogP contribution in [0.5, 0.6) is 5.75 Å². The van der Waals surface area contributed by atoms with Crippen molar-refractivity contribution < 1.29 is 14.6 Å². The predicted molar refractivity (Wildman–Crippen MR) is 89.6 cm³/mol. The molecule has 2 amide bonds. The standard InChI is InChI=1S/C18H22N2O3/c1-12(11-21)19-18(22)20-16-7-4-10-23-17-14-6-3-2-5-13(14)8-9-15(16)17/h2-3,5-6,8-9,12,16,21H,4,7,10-11H2,1H3,(H2,19,20,22). The minimum Gasteiger partial charge on any atom is -0.493 e. The van der Waals surface area contributed by atoms with E-state index in [-0.39, 0.29) is 24.7 Å². The smallest absolute Gasteiger partial charge is 0.315 e. The van der Waals surface area contributed by atoms with Gasteiger partial charge in [0.1, 0.15) is 5.75 Å². The zero-order chi connectivity index (χ0) is 16.2. The fourth-order valence-corrected chi connectivity index (χ4v) is 2.93. The Labute approximate surface area is 135 Å². The number of carbonyl (C=O) groups excluding carboxylic acids is 1. The van der Waals surface area contributed by atoms with Crippen LogP contribution in [0.3, 0.4) is 0 Å². The second-order valence-electron chi connectivity index (χ2n) is 5.95. The highest BCUT2D eigenvalue weighted by Gasteiger charge is 2.23. The molecule has 1 aliphatic heterocycles. The van der Waals surface area contributed by atoms with Crippen molar-refractivity contribution in [2.45, 2.75) is 31.8 Å². The van der Waals surface area contributed by atoms with Crippen LogP contribution in [0.15, 0.2) is 36.4 Å². The van der Waals surface area contributed by atoms with Gasteiger partial charge < -0.3 is 20.5 Å². The third-order valence-corrected chi connectivity index (χ3v) is 4.13. The second-order valence-corrected chi connectivity index (χ2v) is 5.95. The monoisotopic (exact) mass is 314 g/mol. The molecular weight excluding hydrogens is 292 g/mol. The van der Waals surface area contributed by atoms with E-state index in [0.717, 1.165) is 34.9 Å². The molecule has 0 radical (unpaired) electrons. The molecule has 5 nitrogen and oxygen atoms in total. The van der Waals surface area contributed by atoms with Gasteiger partial charge in [0.05, 0.1) is 25.3 Å². The third-order valence-electron chi connectivity index (χ3n) is 4.13. The van der Waals surface area contributed by atoms with Crippen molar-refractivity contribution in [3.63, 3.8) is 0 Å². The minimum absolute atomic E-state index is 0.0809. The number of carbonyl (C=O) groups is 1. The Kier molecular flexibility index (Phi) is 4.67. The molecule has 2 aromatic carbocycles. The molecule has 3 N–H and O–H groups in total. The van der Waals surface area contributed by atoms with Crippen LogP contribution in [0.2, 0.25) is 0 Å². The topological polar surface area (TPSA) is 70.6 Å². The molecule has 2 atom stereocenters. The van der Waals surface area contributed by atoms with Crippen molar-refractivity contribution >= 4 is 16.8 Å². The second kappa shape index (κ2) is 6.87. The largest absolute Gasteiger partial charge is 0.493 e. The van der Waals surface area contributed by atoms with Gasteiger partial charge in [0.25, 0.3) is 0 Å².